The number of rotatable bonds is 1. The van der Waals surface area contributed by atoms with Gasteiger partial charge in [-0.3, -0.25) is 0 Å². The molecule has 0 aliphatic carbocycles. The van der Waals surface area contributed by atoms with E-state index in [9.17, 15) is 0 Å². The Morgan fingerprint density at radius 2 is 2.29 bits per heavy atom. The molecule has 0 saturated heterocycles. The van der Waals surface area contributed by atoms with E-state index in [-0.39, 0.29) is 5.41 Å². The minimum Gasteiger partial charge on any atom is -0.492 e. The normalized spacial score (nSPS) is 16.9. The van der Waals surface area contributed by atoms with Crippen molar-refractivity contribution >= 4 is 0 Å². The molecule has 72 valence electrons. The number of hydrogen-bond donors (Lipinski definition) is 0. The molecule has 0 unspecified atom stereocenters. The number of ether oxygens (including phenoxy) is 1. The first kappa shape index (κ1) is 9.08. The van der Waals surface area contributed by atoms with Crippen molar-refractivity contribution in [3.8, 4) is 11.8 Å². The van der Waals surface area contributed by atoms with Crippen LogP contribution in [0.25, 0.3) is 0 Å². The molecule has 1 aliphatic heterocycles. The van der Waals surface area contributed by atoms with Crippen LogP contribution in [0, 0.1) is 11.3 Å². The third-order valence-electron chi connectivity index (χ3n) is 2.64. The van der Waals surface area contributed by atoms with E-state index >= 15 is 0 Å². The Balaban J connectivity index is 2.44. The number of fused-ring (bicyclic) bond motifs is 1. The van der Waals surface area contributed by atoms with Crippen molar-refractivity contribution < 1.29 is 4.74 Å². The molecule has 1 aromatic rings. The highest BCUT2D eigenvalue weighted by molar-refractivity contribution is 5.45. The fourth-order valence-corrected chi connectivity index (χ4v) is 1.77. The van der Waals surface area contributed by atoms with E-state index in [0.717, 1.165) is 17.9 Å². The lowest BCUT2D eigenvalue weighted by molar-refractivity contribution is 0.291. The highest BCUT2D eigenvalue weighted by Gasteiger charge is 2.31. The summed E-state index contributed by atoms with van der Waals surface area (Å²) in [6.45, 7) is 5.06. The molecular weight excluding hydrogens is 174 g/mol. The Morgan fingerprint density at radius 1 is 1.50 bits per heavy atom. The van der Waals surface area contributed by atoms with Gasteiger partial charge in [0.25, 0.3) is 0 Å². The Hall–Kier alpha value is -1.49. The van der Waals surface area contributed by atoms with E-state index < -0.39 is 0 Å². The van der Waals surface area contributed by atoms with Crippen molar-refractivity contribution in [3.63, 3.8) is 0 Å². The van der Waals surface area contributed by atoms with Gasteiger partial charge in [-0.2, -0.15) is 5.26 Å². The lowest BCUT2D eigenvalue weighted by Crippen LogP contribution is -2.18. The van der Waals surface area contributed by atoms with Crippen LogP contribution < -0.4 is 4.74 Å². The standard InChI is InChI=1S/C12H13NO/c1-12(2)8-14-11-4-3-9(5-6-13)7-10(11)12/h3-4,7H,5,8H2,1-2H3. The summed E-state index contributed by atoms with van der Waals surface area (Å²) in [5.74, 6) is 0.969. The molecule has 0 N–H and O–H groups in total. The molecule has 0 fully saturated rings. The smallest absolute Gasteiger partial charge is 0.123 e. The van der Waals surface area contributed by atoms with Gasteiger partial charge in [0.1, 0.15) is 5.75 Å². The second-order valence-electron chi connectivity index (χ2n) is 4.34. The van der Waals surface area contributed by atoms with E-state index in [1.807, 2.05) is 12.1 Å². The summed E-state index contributed by atoms with van der Waals surface area (Å²) in [6.07, 6.45) is 0.476. The van der Waals surface area contributed by atoms with Gasteiger partial charge in [-0.25, -0.2) is 0 Å². The largest absolute Gasteiger partial charge is 0.492 e. The minimum atomic E-state index is 0.0841. The first-order chi connectivity index (χ1) is 6.63. The van der Waals surface area contributed by atoms with E-state index in [2.05, 4.69) is 26.0 Å². The second kappa shape index (κ2) is 3.02. The van der Waals surface area contributed by atoms with Crippen LogP contribution in [0.4, 0.5) is 0 Å². The summed E-state index contributed by atoms with van der Waals surface area (Å²) in [4.78, 5) is 0. The number of hydrogen-bond acceptors (Lipinski definition) is 2. The summed E-state index contributed by atoms with van der Waals surface area (Å²) < 4.78 is 5.56. The number of nitrogens with zero attached hydrogens (tertiary/aromatic N) is 1. The van der Waals surface area contributed by atoms with Crippen LogP contribution in [0.2, 0.25) is 0 Å². The molecule has 1 heterocycles. The Morgan fingerprint density at radius 3 is 3.00 bits per heavy atom. The molecule has 2 nitrogen and oxygen atoms in total. The molecular formula is C12H13NO. The van der Waals surface area contributed by atoms with Gasteiger partial charge in [-0.15, -0.1) is 0 Å². The van der Waals surface area contributed by atoms with Gasteiger partial charge < -0.3 is 4.74 Å². The van der Waals surface area contributed by atoms with Crippen molar-refractivity contribution in [1.82, 2.24) is 0 Å². The zero-order chi connectivity index (χ0) is 10.2. The Kier molecular flexibility index (Phi) is 1.96. The van der Waals surface area contributed by atoms with E-state index in [0.29, 0.717) is 6.42 Å². The molecule has 2 rings (SSSR count). The summed E-state index contributed by atoms with van der Waals surface area (Å²) >= 11 is 0. The molecule has 2 heteroatoms. The maximum absolute atomic E-state index is 8.62. The highest BCUT2D eigenvalue weighted by Crippen LogP contribution is 2.38. The van der Waals surface area contributed by atoms with Crippen molar-refractivity contribution in [2.24, 2.45) is 0 Å². The van der Waals surface area contributed by atoms with Crippen molar-refractivity contribution in [1.29, 1.82) is 5.26 Å². The molecule has 14 heavy (non-hydrogen) atoms. The Labute approximate surface area is 84.1 Å². The fraction of sp³-hybridized carbons (Fsp3) is 0.417. The van der Waals surface area contributed by atoms with E-state index in [1.165, 1.54) is 5.56 Å². The van der Waals surface area contributed by atoms with Gasteiger partial charge >= 0.3 is 0 Å². The highest BCUT2D eigenvalue weighted by atomic mass is 16.5. The number of nitriles is 1. The average Bonchev–Trinajstić information content (AvgIpc) is 2.44. The fourth-order valence-electron chi connectivity index (χ4n) is 1.77. The minimum absolute atomic E-state index is 0.0841. The molecule has 1 aromatic carbocycles. The topological polar surface area (TPSA) is 33.0 Å². The van der Waals surface area contributed by atoms with Crippen LogP contribution in [-0.4, -0.2) is 6.61 Å². The maximum atomic E-state index is 8.62. The molecule has 0 spiro atoms. The van der Waals surface area contributed by atoms with Crippen LogP contribution >= 0.6 is 0 Å². The zero-order valence-electron chi connectivity index (χ0n) is 8.50. The van der Waals surface area contributed by atoms with Gasteiger partial charge in [0, 0.05) is 11.0 Å². The van der Waals surface area contributed by atoms with Crippen LogP contribution in [-0.2, 0) is 11.8 Å². The summed E-state index contributed by atoms with van der Waals surface area (Å²) in [7, 11) is 0. The van der Waals surface area contributed by atoms with Crippen LogP contribution in [0.3, 0.4) is 0 Å². The predicted molar refractivity (Wildman–Crippen MR) is 54.3 cm³/mol. The molecule has 0 amide bonds. The third-order valence-corrected chi connectivity index (χ3v) is 2.64. The number of benzene rings is 1. The molecule has 0 saturated carbocycles. The van der Waals surface area contributed by atoms with E-state index in [4.69, 9.17) is 10.00 Å². The average molecular weight is 187 g/mol. The summed E-state index contributed by atoms with van der Waals surface area (Å²) in [6, 6.07) is 8.18. The maximum Gasteiger partial charge on any atom is 0.123 e. The van der Waals surface area contributed by atoms with Crippen LogP contribution in [0.15, 0.2) is 18.2 Å². The van der Waals surface area contributed by atoms with Gasteiger partial charge in [0.15, 0.2) is 0 Å². The van der Waals surface area contributed by atoms with Gasteiger partial charge in [0.05, 0.1) is 19.1 Å². The molecule has 0 bridgehead atoms. The van der Waals surface area contributed by atoms with Crippen molar-refractivity contribution in [3.05, 3.63) is 29.3 Å². The molecule has 0 aromatic heterocycles. The SMILES string of the molecule is CC1(C)COc2ccc(CC#N)cc21. The molecule has 1 aliphatic rings. The van der Waals surface area contributed by atoms with Gasteiger partial charge in [0.2, 0.25) is 0 Å². The molecule has 0 radical (unpaired) electrons. The van der Waals surface area contributed by atoms with Crippen LogP contribution in [0.1, 0.15) is 25.0 Å². The van der Waals surface area contributed by atoms with Crippen molar-refractivity contribution in [2.45, 2.75) is 25.7 Å². The van der Waals surface area contributed by atoms with Gasteiger partial charge in [-0.1, -0.05) is 26.0 Å². The summed E-state index contributed by atoms with van der Waals surface area (Å²) in [5, 5.41) is 8.62. The first-order valence-electron chi connectivity index (χ1n) is 4.77. The predicted octanol–water partition coefficient (Wildman–Crippen LogP) is 2.42. The molecule has 0 atom stereocenters. The third kappa shape index (κ3) is 1.35. The zero-order valence-corrected chi connectivity index (χ0v) is 8.50. The monoisotopic (exact) mass is 187 g/mol. The van der Waals surface area contributed by atoms with E-state index in [1.54, 1.807) is 0 Å². The second-order valence-corrected chi connectivity index (χ2v) is 4.34. The lowest BCUT2D eigenvalue weighted by Gasteiger charge is -2.15. The Bertz CT molecular complexity index is 401. The quantitative estimate of drug-likeness (QED) is 0.676. The van der Waals surface area contributed by atoms with Crippen LogP contribution in [0.5, 0.6) is 5.75 Å². The lowest BCUT2D eigenvalue weighted by atomic mass is 9.86. The van der Waals surface area contributed by atoms with Crippen molar-refractivity contribution in [2.75, 3.05) is 6.61 Å². The van der Waals surface area contributed by atoms with Gasteiger partial charge in [-0.05, 0) is 11.6 Å². The summed E-state index contributed by atoms with van der Waals surface area (Å²) in [5.41, 5.74) is 2.39. The first-order valence-corrected chi connectivity index (χ1v) is 4.77.